The van der Waals surface area contributed by atoms with Crippen molar-refractivity contribution in [3.63, 3.8) is 0 Å². The second-order valence-corrected chi connectivity index (χ2v) is 10.9. The Morgan fingerprint density at radius 2 is 2.03 bits per heavy atom. The van der Waals surface area contributed by atoms with Gasteiger partial charge in [0.1, 0.15) is 5.75 Å². The Labute approximate surface area is 223 Å². The number of methoxy groups -OCH3 is 1. The molecule has 3 unspecified atom stereocenters. The van der Waals surface area contributed by atoms with E-state index >= 15 is 0 Å². The molecule has 200 valence electrons. The maximum Gasteiger partial charge on any atom is 0.257 e. The molecule has 2 aliphatic heterocycles. The highest BCUT2D eigenvalue weighted by Crippen LogP contribution is 2.45. The third-order valence-corrected chi connectivity index (χ3v) is 8.08. The van der Waals surface area contributed by atoms with E-state index in [1.54, 1.807) is 18.9 Å². The highest BCUT2D eigenvalue weighted by Gasteiger charge is 2.30. The first-order valence-electron chi connectivity index (χ1n) is 12.9. The van der Waals surface area contributed by atoms with Crippen LogP contribution in [-0.4, -0.2) is 45.0 Å². The summed E-state index contributed by atoms with van der Waals surface area (Å²) in [6, 6.07) is 13.9. The van der Waals surface area contributed by atoms with Gasteiger partial charge in [-0.15, -0.1) is 0 Å². The summed E-state index contributed by atoms with van der Waals surface area (Å²) in [6.07, 6.45) is 3.82. The molecule has 2 heterocycles. The quantitative estimate of drug-likeness (QED) is 0.276. The molecule has 4 N–H and O–H groups in total. The third kappa shape index (κ3) is 7.63. The fourth-order valence-electron chi connectivity index (χ4n) is 5.06. The average Bonchev–Trinajstić information content (AvgIpc) is 3.34. The van der Waals surface area contributed by atoms with Crippen LogP contribution in [0.4, 0.5) is 11.4 Å². The van der Waals surface area contributed by atoms with Crippen LogP contribution in [0.3, 0.4) is 0 Å². The predicted molar refractivity (Wildman–Crippen MR) is 144 cm³/mol. The standard InChI is InChI=1S/C28H37N3O5S/c1-18(15-20-11-13-35-28(20)34-2)14-19(27(29)33)6-5-12-30-26(32)17-36-21-9-10-25-23(16-21)31-22-7-3-4-8-24(22)37-25/h3-4,7-10,16,18-20,28,31H,5-6,11-15,17H2,1-2H3,(H2,29,33)(H,30,32)/t18?,19?,20-,28?/m1/s1. The number of carbonyl (C=O) groups is 2. The lowest BCUT2D eigenvalue weighted by atomic mass is 9.85. The van der Waals surface area contributed by atoms with Crippen LogP contribution in [0.5, 0.6) is 5.75 Å². The molecule has 0 aromatic heterocycles. The zero-order valence-corrected chi connectivity index (χ0v) is 22.4. The lowest BCUT2D eigenvalue weighted by Crippen LogP contribution is -2.31. The van der Waals surface area contributed by atoms with Crippen molar-refractivity contribution in [2.75, 3.05) is 32.2 Å². The van der Waals surface area contributed by atoms with Crippen LogP contribution in [0.15, 0.2) is 52.3 Å². The van der Waals surface area contributed by atoms with Crippen molar-refractivity contribution in [1.82, 2.24) is 5.32 Å². The van der Waals surface area contributed by atoms with E-state index in [0.29, 0.717) is 37.0 Å². The minimum atomic E-state index is -0.283. The van der Waals surface area contributed by atoms with E-state index in [1.165, 1.54) is 4.90 Å². The van der Waals surface area contributed by atoms with Gasteiger partial charge in [0.05, 0.1) is 18.0 Å². The minimum absolute atomic E-state index is 0.0665. The summed E-state index contributed by atoms with van der Waals surface area (Å²) < 4.78 is 16.7. The number of rotatable bonds is 13. The first-order chi connectivity index (χ1) is 17.9. The van der Waals surface area contributed by atoms with Gasteiger partial charge in [-0.3, -0.25) is 9.59 Å². The van der Waals surface area contributed by atoms with Crippen molar-refractivity contribution >= 4 is 35.0 Å². The zero-order valence-electron chi connectivity index (χ0n) is 21.5. The summed E-state index contributed by atoms with van der Waals surface area (Å²) >= 11 is 1.70. The van der Waals surface area contributed by atoms with Gasteiger partial charge in [0, 0.05) is 41.3 Å². The molecule has 4 rings (SSSR count). The summed E-state index contributed by atoms with van der Waals surface area (Å²) in [7, 11) is 1.67. The SMILES string of the molecule is COC1OCC[C@@H]1CC(C)CC(CCCNC(=O)COc1ccc2c(c1)Nc1ccccc1S2)C(N)=O. The van der Waals surface area contributed by atoms with Gasteiger partial charge in [0.2, 0.25) is 5.91 Å². The van der Waals surface area contributed by atoms with Crippen LogP contribution in [0.2, 0.25) is 0 Å². The maximum atomic E-state index is 12.3. The molecule has 37 heavy (non-hydrogen) atoms. The van der Waals surface area contributed by atoms with Gasteiger partial charge in [-0.1, -0.05) is 30.8 Å². The fourth-order valence-corrected chi connectivity index (χ4v) is 6.02. The van der Waals surface area contributed by atoms with Gasteiger partial charge >= 0.3 is 0 Å². The van der Waals surface area contributed by atoms with Gasteiger partial charge in [0.25, 0.3) is 5.91 Å². The number of carbonyl (C=O) groups excluding carboxylic acids is 2. The summed E-state index contributed by atoms with van der Waals surface area (Å²) in [4.78, 5) is 26.6. The molecule has 2 aliphatic rings. The topological polar surface area (TPSA) is 112 Å². The summed E-state index contributed by atoms with van der Waals surface area (Å²) in [5.74, 6) is 0.636. The Balaban J connectivity index is 1.15. The van der Waals surface area contributed by atoms with Crippen LogP contribution < -0.4 is 21.1 Å². The minimum Gasteiger partial charge on any atom is -0.484 e. The molecule has 1 saturated heterocycles. The number of nitrogens with one attached hydrogen (secondary N) is 2. The van der Waals surface area contributed by atoms with E-state index in [9.17, 15) is 9.59 Å². The summed E-state index contributed by atoms with van der Waals surface area (Å²) in [5, 5.41) is 6.30. The third-order valence-electron chi connectivity index (χ3n) is 6.93. The van der Waals surface area contributed by atoms with E-state index in [1.807, 2.05) is 36.4 Å². The number of para-hydroxylation sites is 1. The second-order valence-electron chi connectivity index (χ2n) is 9.86. The van der Waals surface area contributed by atoms with E-state index in [0.717, 1.165) is 42.1 Å². The van der Waals surface area contributed by atoms with Crippen LogP contribution in [-0.2, 0) is 19.1 Å². The number of anilines is 2. The first-order valence-corrected chi connectivity index (χ1v) is 13.8. The van der Waals surface area contributed by atoms with Crippen molar-refractivity contribution in [3.8, 4) is 5.75 Å². The fraction of sp³-hybridized carbons (Fsp3) is 0.500. The Hall–Kier alpha value is -2.75. The van der Waals surface area contributed by atoms with Crippen LogP contribution >= 0.6 is 11.8 Å². The van der Waals surface area contributed by atoms with Crippen LogP contribution in [0.1, 0.15) is 39.0 Å². The highest BCUT2D eigenvalue weighted by molar-refractivity contribution is 7.99. The normalized spacial score (nSPS) is 19.7. The molecule has 2 amide bonds. The smallest absolute Gasteiger partial charge is 0.257 e. The molecule has 4 atom stereocenters. The van der Waals surface area contributed by atoms with Crippen molar-refractivity contribution in [1.29, 1.82) is 0 Å². The van der Waals surface area contributed by atoms with E-state index in [-0.39, 0.29) is 30.6 Å². The Bertz CT molecular complexity index is 1080. The van der Waals surface area contributed by atoms with E-state index in [2.05, 4.69) is 23.6 Å². The molecular weight excluding hydrogens is 490 g/mol. The summed E-state index contributed by atoms with van der Waals surface area (Å²) in [5.41, 5.74) is 7.70. The molecule has 0 spiro atoms. The molecule has 0 radical (unpaired) electrons. The average molecular weight is 528 g/mol. The van der Waals surface area contributed by atoms with Gasteiger partial charge in [0.15, 0.2) is 12.9 Å². The van der Waals surface area contributed by atoms with Crippen LogP contribution in [0, 0.1) is 17.8 Å². The molecular formula is C28H37N3O5S. The molecule has 0 saturated carbocycles. The van der Waals surface area contributed by atoms with Crippen molar-refractivity contribution in [3.05, 3.63) is 42.5 Å². The lowest BCUT2D eigenvalue weighted by Gasteiger charge is -2.23. The molecule has 8 nitrogen and oxygen atoms in total. The molecule has 2 aromatic rings. The molecule has 0 aliphatic carbocycles. The van der Waals surface area contributed by atoms with E-state index < -0.39 is 0 Å². The Morgan fingerprint density at radius 3 is 2.84 bits per heavy atom. The molecule has 0 bridgehead atoms. The van der Waals surface area contributed by atoms with E-state index in [4.69, 9.17) is 19.9 Å². The van der Waals surface area contributed by atoms with Gasteiger partial charge < -0.3 is 30.6 Å². The second kappa shape index (κ2) is 13.2. The number of benzene rings is 2. The van der Waals surface area contributed by atoms with Crippen molar-refractivity contribution in [2.45, 2.75) is 55.1 Å². The zero-order chi connectivity index (χ0) is 26.2. The Morgan fingerprint density at radius 1 is 1.22 bits per heavy atom. The first kappa shape index (κ1) is 27.3. The molecule has 2 aromatic carbocycles. The lowest BCUT2D eigenvalue weighted by molar-refractivity contribution is -0.123. The number of ether oxygens (including phenoxy) is 3. The number of fused-ring (bicyclic) bond motifs is 2. The van der Waals surface area contributed by atoms with Crippen LogP contribution in [0.25, 0.3) is 0 Å². The van der Waals surface area contributed by atoms with Gasteiger partial charge in [-0.25, -0.2) is 0 Å². The maximum absolute atomic E-state index is 12.3. The van der Waals surface area contributed by atoms with Crippen molar-refractivity contribution < 1.29 is 23.8 Å². The van der Waals surface area contributed by atoms with Gasteiger partial charge in [-0.2, -0.15) is 0 Å². The number of amides is 2. The molecule has 1 fully saturated rings. The predicted octanol–water partition coefficient (Wildman–Crippen LogP) is 4.70. The highest BCUT2D eigenvalue weighted by atomic mass is 32.2. The largest absolute Gasteiger partial charge is 0.484 e. The number of primary amides is 1. The number of hydrogen-bond donors (Lipinski definition) is 3. The van der Waals surface area contributed by atoms with Crippen molar-refractivity contribution in [2.24, 2.45) is 23.5 Å². The number of nitrogens with two attached hydrogens (primary N) is 1. The Kier molecular flexibility index (Phi) is 9.71. The van der Waals surface area contributed by atoms with Gasteiger partial charge in [-0.05, 0) is 62.3 Å². The monoisotopic (exact) mass is 527 g/mol. The summed E-state index contributed by atoms with van der Waals surface area (Å²) in [6.45, 7) is 3.27. The number of hydrogen-bond acceptors (Lipinski definition) is 7. The molecule has 9 heteroatoms.